The van der Waals surface area contributed by atoms with Gasteiger partial charge in [-0.05, 0) is 49.9 Å². The van der Waals surface area contributed by atoms with E-state index in [1.165, 1.54) is 0 Å². The maximum Gasteiger partial charge on any atom is 0.190 e. The van der Waals surface area contributed by atoms with Crippen LogP contribution in [0.3, 0.4) is 0 Å². The molecule has 1 unspecified atom stereocenters. The lowest BCUT2D eigenvalue weighted by Crippen LogP contribution is -2.43. The number of fused-ring (bicyclic) bond motifs is 1. The number of hydrogen-bond donors (Lipinski definition) is 1. The van der Waals surface area contributed by atoms with E-state index in [9.17, 15) is 5.11 Å². The van der Waals surface area contributed by atoms with Gasteiger partial charge in [-0.1, -0.05) is 42.5 Å². The van der Waals surface area contributed by atoms with E-state index in [1.54, 1.807) is 7.11 Å². The van der Waals surface area contributed by atoms with Crippen molar-refractivity contribution in [3.8, 4) is 5.75 Å². The van der Waals surface area contributed by atoms with Gasteiger partial charge in [0.2, 0.25) is 0 Å². The first-order valence-corrected chi connectivity index (χ1v) is 11.5. The van der Waals surface area contributed by atoms with Crippen molar-refractivity contribution in [3.05, 3.63) is 65.7 Å². The van der Waals surface area contributed by atoms with E-state index < -0.39 is 12.1 Å². The fraction of sp³-hybridized carbons (Fsp3) is 0.538. The Morgan fingerprint density at radius 1 is 0.970 bits per heavy atom. The highest BCUT2D eigenvalue weighted by Crippen LogP contribution is 2.41. The molecule has 0 bridgehead atoms. The molecule has 2 heterocycles. The molecule has 0 aliphatic carbocycles. The van der Waals surface area contributed by atoms with Crippen LogP contribution in [0.5, 0.6) is 5.75 Å². The van der Waals surface area contributed by atoms with Crippen molar-refractivity contribution < 1.29 is 33.5 Å². The van der Waals surface area contributed by atoms with E-state index in [0.717, 1.165) is 16.9 Å². The smallest absolute Gasteiger partial charge is 0.190 e. The molecule has 4 rings (SSSR count). The zero-order chi connectivity index (χ0) is 23.3. The van der Waals surface area contributed by atoms with Gasteiger partial charge < -0.3 is 33.5 Å². The molecule has 0 aromatic heterocycles. The first-order chi connectivity index (χ1) is 16.0. The standard InChI is InChI=1S/C26H34O7/c1-26(2)32-24-23(30-17-19-11-13-20(28-3)14-12-19)22(31-25(24)33-26)21(10-7-15-27)29-16-18-8-5-4-6-9-18/h4-6,8-9,11-14,21-25,27H,7,10,15-17H2,1-3H3/t21-,22-,23+,24?,25-/m1/s1. The van der Waals surface area contributed by atoms with Gasteiger partial charge in [0, 0.05) is 6.61 Å². The molecule has 0 saturated carbocycles. The fourth-order valence-corrected chi connectivity index (χ4v) is 4.32. The van der Waals surface area contributed by atoms with Crippen LogP contribution in [0.4, 0.5) is 0 Å². The predicted octanol–water partition coefficient (Wildman–Crippen LogP) is 3.81. The van der Waals surface area contributed by atoms with Gasteiger partial charge in [0.15, 0.2) is 12.1 Å². The molecular weight excluding hydrogens is 424 g/mol. The number of methoxy groups -OCH3 is 1. The average Bonchev–Trinajstić information content (AvgIpc) is 3.30. The van der Waals surface area contributed by atoms with Crippen LogP contribution in [0.2, 0.25) is 0 Å². The van der Waals surface area contributed by atoms with Crippen LogP contribution in [0.25, 0.3) is 0 Å². The van der Waals surface area contributed by atoms with Gasteiger partial charge in [-0.25, -0.2) is 0 Å². The highest BCUT2D eigenvalue weighted by molar-refractivity contribution is 5.26. The van der Waals surface area contributed by atoms with Gasteiger partial charge >= 0.3 is 0 Å². The minimum Gasteiger partial charge on any atom is -0.497 e. The van der Waals surface area contributed by atoms with E-state index in [0.29, 0.717) is 26.1 Å². The molecule has 1 N–H and O–H groups in total. The largest absolute Gasteiger partial charge is 0.497 e. The van der Waals surface area contributed by atoms with Crippen molar-refractivity contribution in [2.45, 2.75) is 76.4 Å². The molecule has 2 aliphatic heterocycles. The second kappa shape index (κ2) is 11.0. The van der Waals surface area contributed by atoms with Crippen LogP contribution in [0.15, 0.2) is 54.6 Å². The number of ether oxygens (including phenoxy) is 6. The zero-order valence-corrected chi connectivity index (χ0v) is 19.5. The normalized spacial score (nSPS) is 26.8. The summed E-state index contributed by atoms with van der Waals surface area (Å²) in [6.45, 7) is 4.68. The van der Waals surface area contributed by atoms with Crippen LogP contribution in [0, 0.1) is 0 Å². The van der Waals surface area contributed by atoms with Gasteiger partial charge in [-0.3, -0.25) is 0 Å². The zero-order valence-electron chi connectivity index (χ0n) is 19.5. The maximum absolute atomic E-state index is 9.45. The lowest BCUT2D eigenvalue weighted by Gasteiger charge is -2.31. The summed E-state index contributed by atoms with van der Waals surface area (Å²) < 4.78 is 36.4. The monoisotopic (exact) mass is 458 g/mol. The Labute approximate surface area is 195 Å². The molecule has 33 heavy (non-hydrogen) atoms. The Morgan fingerprint density at radius 3 is 2.39 bits per heavy atom. The molecule has 2 aliphatic rings. The van der Waals surface area contributed by atoms with Crippen molar-refractivity contribution in [3.63, 3.8) is 0 Å². The number of rotatable bonds is 11. The number of benzene rings is 2. The van der Waals surface area contributed by atoms with E-state index in [1.807, 2.05) is 68.4 Å². The lowest BCUT2D eigenvalue weighted by molar-refractivity contribution is -0.235. The van der Waals surface area contributed by atoms with Gasteiger partial charge in [0.05, 0.1) is 26.4 Å². The second-order valence-electron chi connectivity index (χ2n) is 8.89. The first-order valence-electron chi connectivity index (χ1n) is 11.5. The third-order valence-corrected chi connectivity index (χ3v) is 5.95. The summed E-state index contributed by atoms with van der Waals surface area (Å²) in [6, 6.07) is 17.8. The summed E-state index contributed by atoms with van der Waals surface area (Å²) in [5.41, 5.74) is 2.10. The summed E-state index contributed by atoms with van der Waals surface area (Å²) in [7, 11) is 1.65. The van der Waals surface area contributed by atoms with E-state index in [-0.39, 0.29) is 31.0 Å². The first kappa shape index (κ1) is 24.1. The molecule has 2 fully saturated rings. The molecule has 0 spiro atoms. The number of aliphatic hydroxyl groups excluding tert-OH is 1. The maximum atomic E-state index is 9.45. The van der Waals surface area contributed by atoms with Crippen molar-refractivity contribution >= 4 is 0 Å². The minimum atomic E-state index is -0.743. The Hall–Kier alpha value is -2.00. The van der Waals surface area contributed by atoms with E-state index >= 15 is 0 Å². The summed E-state index contributed by atoms with van der Waals surface area (Å²) in [4.78, 5) is 0. The molecule has 0 amide bonds. The van der Waals surface area contributed by atoms with Crippen LogP contribution in [-0.2, 0) is 36.9 Å². The molecule has 2 aromatic carbocycles. The Morgan fingerprint density at radius 2 is 1.70 bits per heavy atom. The molecule has 5 atom stereocenters. The summed E-state index contributed by atoms with van der Waals surface area (Å²) in [5, 5.41) is 9.45. The molecule has 2 saturated heterocycles. The van der Waals surface area contributed by atoms with E-state index in [2.05, 4.69) is 0 Å². The van der Waals surface area contributed by atoms with Gasteiger partial charge in [-0.15, -0.1) is 0 Å². The molecule has 7 nitrogen and oxygen atoms in total. The highest BCUT2D eigenvalue weighted by Gasteiger charge is 2.57. The van der Waals surface area contributed by atoms with Crippen LogP contribution in [-0.4, -0.2) is 55.3 Å². The quantitative estimate of drug-likeness (QED) is 0.549. The Bertz CT molecular complexity index is 855. The van der Waals surface area contributed by atoms with Gasteiger partial charge in [0.1, 0.15) is 24.1 Å². The minimum absolute atomic E-state index is 0.0855. The molecular formula is C26H34O7. The number of aliphatic hydroxyl groups is 1. The number of hydrogen-bond acceptors (Lipinski definition) is 7. The molecule has 180 valence electrons. The van der Waals surface area contributed by atoms with Crippen molar-refractivity contribution in [1.29, 1.82) is 0 Å². The molecule has 7 heteroatoms. The Balaban J connectivity index is 1.49. The van der Waals surface area contributed by atoms with Crippen molar-refractivity contribution in [2.75, 3.05) is 13.7 Å². The van der Waals surface area contributed by atoms with Gasteiger partial charge in [0.25, 0.3) is 0 Å². The molecule has 2 aromatic rings. The average molecular weight is 459 g/mol. The lowest BCUT2D eigenvalue weighted by atomic mass is 10.0. The van der Waals surface area contributed by atoms with Crippen LogP contribution in [0.1, 0.15) is 37.8 Å². The summed E-state index contributed by atoms with van der Waals surface area (Å²) in [6.07, 6.45) is -0.683. The van der Waals surface area contributed by atoms with Crippen molar-refractivity contribution in [1.82, 2.24) is 0 Å². The predicted molar refractivity (Wildman–Crippen MR) is 122 cm³/mol. The topological polar surface area (TPSA) is 75.6 Å². The second-order valence-corrected chi connectivity index (χ2v) is 8.89. The summed E-state index contributed by atoms with van der Waals surface area (Å²) in [5.74, 6) is 0.0570. The fourth-order valence-electron chi connectivity index (χ4n) is 4.32. The van der Waals surface area contributed by atoms with Crippen LogP contribution >= 0.6 is 0 Å². The summed E-state index contributed by atoms with van der Waals surface area (Å²) >= 11 is 0. The van der Waals surface area contributed by atoms with E-state index in [4.69, 9.17) is 28.4 Å². The van der Waals surface area contributed by atoms with Crippen LogP contribution < -0.4 is 4.74 Å². The van der Waals surface area contributed by atoms with Crippen molar-refractivity contribution in [2.24, 2.45) is 0 Å². The third kappa shape index (κ3) is 6.12. The highest BCUT2D eigenvalue weighted by atomic mass is 16.8. The SMILES string of the molecule is COc1ccc(CO[C@@H]2C3OC(C)(C)O[C@H]3O[C@@H]2[C@@H](CCCO)OCc2ccccc2)cc1. The Kier molecular flexibility index (Phi) is 8.01. The van der Waals surface area contributed by atoms with Gasteiger partial charge in [-0.2, -0.15) is 0 Å². The molecule has 0 radical (unpaired) electrons. The third-order valence-electron chi connectivity index (χ3n) is 5.95.